The first-order valence-electron chi connectivity index (χ1n) is 16.9. The van der Waals surface area contributed by atoms with Crippen LogP contribution in [0.5, 0.6) is 0 Å². The summed E-state index contributed by atoms with van der Waals surface area (Å²) in [6.45, 7) is -0.0447. The number of amides is 1. The predicted molar refractivity (Wildman–Crippen MR) is 200 cm³/mol. The van der Waals surface area contributed by atoms with Crippen LogP contribution in [0.2, 0.25) is 0 Å². The molecule has 0 fully saturated rings. The number of nitrogens with two attached hydrogens (primary N) is 2. The van der Waals surface area contributed by atoms with E-state index in [2.05, 4.69) is 25.5 Å². The highest BCUT2D eigenvalue weighted by atomic mass is 16.1. The van der Waals surface area contributed by atoms with E-state index in [0.29, 0.717) is 12.8 Å². The highest BCUT2D eigenvalue weighted by Gasteiger charge is 2.22. The molecule has 0 bridgehead atoms. The molecular formula is C40H43N9O3. The molecule has 4 heterocycles. The molecule has 12 heteroatoms. The van der Waals surface area contributed by atoms with Gasteiger partial charge in [0.2, 0.25) is 5.91 Å². The van der Waals surface area contributed by atoms with E-state index < -0.39 is 18.0 Å². The van der Waals surface area contributed by atoms with Gasteiger partial charge in [-0.3, -0.25) is 39.0 Å². The largest absolute Gasteiger partial charge is 0.369 e. The fourth-order valence-corrected chi connectivity index (χ4v) is 5.64. The molecule has 0 aliphatic carbocycles. The Bertz CT molecular complexity index is 2050. The van der Waals surface area contributed by atoms with Gasteiger partial charge < -0.3 is 11.5 Å². The molecule has 12 nitrogen and oxygen atoms in total. The van der Waals surface area contributed by atoms with Crippen LogP contribution >= 0.6 is 0 Å². The highest BCUT2D eigenvalue weighted by Crippen LogP contribution is 2.20. The quantitative estimate of drug-likeness (QED) is 0.145. The standard InChI is InChI=1S/C21H23N5O2.C19H20N4O/c1-26-17(12-18(25-26)16-7-9-23-10-8-16)13-20(27)19(24-14-21(22)28)11-15-5-3-2-4-6-15;1-23-16(12-18(22-23)15-7-9-21-10-8-15)13-19(24)17(20)11-14-5-3-2-4-6-14/h2-10,12,19,24H,11,13-14H2,1H3,(H2,22,28);2-10,12,17H,11,13,20H2,1H3/t19-;17-/m00/s1. The number of rotatable bonds is 15. The number of aromatic nitrogens is 6. The third-order valence-corrected chi connectivity index (χ3v) is 8.52. The molecule has 0 aliphatic rings. The molecule has 1 amide bonds. The van der Waals surface area contributed by atoms with Gasteiger partial charge in [0.1, 0.15) is 0 Å². The molecule has 52 heavy (non-hydrogen) atoms. The summed E-state index contributed by atoms with van der Waals surface area (Å²) in [5.74, 6) is -0.496. The minimum Gasteiger partial charge on any atom is -0.369 e. The van der Waals surface area contributed by atoms with Crippen LogP contribution in [0.3, 0.4) is 0 Å². The molecule has 266 valence electrons. The molecule has 6 aromatic rings. The third kappa shape index (κ3) is 10.7. The summed E-state index contributed by atoms with van der Waals surface area (Å²) in [7, 11) is 3.66. The van der Waals surface area contributed by atoms with Gasteiger partial charge in [0.05, 0.1) is 42.9 Å². The second kappa shape index (κ2) is 18.2. The van der Waals surface area contributed by atoms with Crippen molar-refractivity contribution < 1.29 is 14.4 Å². The van der Waals surface area contributed by atoms with E-state index in [0.717, 1.165) is 45.0 Å². The fraction of sp³-hybridized carbons (Fsp3) is 0.225. The normalized spacial score (nSPS) is 12.0. The highest BCUT2D eigenvalue weighted by molar-refractivity contribution is 5.87. The van der Waals surface area contributed by atoms with Crippen molar-refractivity contribution >= 4 is 17.5 Å². The molecule has 0 saturated carbocycles. The smallest absolute Gasteiger partial charge is 0.231 e. The lowest BCUT2D eigenvalue weighted by Gasteiger charge is -2.17. The van der Waals surface area contributed by atoms with Crippen molar-refractivity contribution in [1.29, 1.82) is 0 Å². The molecule has 0 saturated heterocycles. The van der Waals surface area contributed by atoms with Gasteiger partial charge in [-0.1, -0.05) is 60.7 Å². The second-order valence-electron chi connectivity index (χ2n) is 12.4. The molecule has 0 unspecified atom stereocenters. The van der Waals surface area contributed by atoms with E-state index in [1.807, 2.05) is 111 Å². The maximum atomic E-state index is 13.0. The van der Waals surface area contributed by atoms with E-state index in [4.69, 9.17) is 11.5 Å². The third-order valence-electron chi connectivity index (χ3n) is 8.52. The first kappa shape index (κ1) is 37.2. The molecule has 5 N–H and O–H groups in total. The number of carbonyl (C=O) groups excluding carboxylic acids is 3. The second-order valence-corrected chi connectivity index (χ2v) is 12.4. The van der Waals surface area contributed by atoms with Gasteiger partial charge in [0.15, 0.2) is 11.6 Å². The molecule has 0 spiro atoms. The average Bonchev–Trinajstić information content (AvgIpc) is 3.72. The Morgan fingerprint density at radius 3 is 1.56 bits per heavy atom. The van der Waals surface area contributed by atoms with Crippen LogP contribution < -0.4 is 16.8 Å². The van der Waals surface area contributed by atoms with Gasteiger partial charge in [-0.25, -0.2) is 0 Å². The number of benzene rings is 2. The minimum absolute atomic E-state index is 0.0168. The molecule has 2 atom stereocenters. The van der Waals surface area contributed by atoms with Crippen molar-refractivity contribution in [1.82, 2.24) is 34.8 Å². The number of Topliss-reactive ketones (excluding diaryl/α,β-unsaturated/α-hetero) is 2. The van der Waals surface area contributed by atoms with Gasteiger partial charge >= 0.3 is 0 Å². The zero-order valence-electron chi connectivity index (χ0n) is 29.3. The van der Waals surface area contributed by atoms with Crippen molar-refractivity contribution in [3.8, 4) is 22.5 Å². The predicted octanol–water partition coefficient (Wildman–Crippen LogP) is 3.44. The van der Waals surface area contributed by atoms with Crippen molar-refractivity contribution in [2.24, 2.45) is 25.6 Å². The Balaban J connectivity index is 0.000000203. The summed E-state index contributed by atoms with van der Waals surface area (Å²) in [6.07, 6.45) is 8.39. The van der Waals surface area contributed by atoms with E-state index >= 15 is 0 Å². The van der Waals surface area contributed by atoms with Crippen molar-refractivity contribution in [2.45, 2.75) is 37.8 Å². The van der Waals surface area contributed by atoms with Crippen LogP contribution in [-0.2, 0) is 54.2 Å². The zero-order chi connectivity index (χ0) is 36.9. The lowest BCUT2D eigenvalue weighted by molar-refractivity contribution is -0.121. The number of hydrogen-bond donors (Lipinski definition) is 3. The van der Waals surface area contributed by atoms with Crippen LogP contribution in [-0.4, -0.2) is 65.6 Å². The number of ketones is 2. The summed E-state index contributed by atoms with van der Waals surface area (Å²) >= 11 is 0. The van der Waals surface area contributed by atoms with Crippen LogP contribution in [0.15, 0.2) is 122 Å². The van der Waals surface area contributed by atoms with Crippen molar-refractivity contribution in [3.63, 3.8) is 0 Å². The van der Waals surface area contributed by atoms with Gasteiger partial charge in [-0.2, -0.15) is 10.2 Å². The fourth-order valence-electron chi connectivity index (χ4n) is 5.64. The first-order valence-corrected chi connectivity index (χ1v) is 16.9. The SMILES string of the molecule is Cn1nc(-c2ccncc2)cc1CC(=O)[C@@H](N)Cc1ccccc1.Cn1nc(-c2ccncc2)cc1CC(=O)[C@H](Cc1ccccc1)NCC(N)=O. The molecule has 6 rings (SSSR count). The molecule has 0 radical (unpaired) electrons. The lowest BCUT2D eigenvalue weighted by atomic mass is 9.99. The number of primary amides is 1. The monoisotopic (exact) mass is 697 g/mol. The number of nitrogens with one attached hydrogen (secondary N) is 1. The molecule has 0 aliphatic heterocycles. The van der Waals surface area contributed by atoms with Gasteiger partial charge in [0.25, 0.3) is 0 Å². The lowest BCUT2D eigenvalue weighted by Crippen LogP contribution is -2.43. The average molecular weight is 698 g/mol. The Labute approximate surface area is 302 Å². The first-order chi connectivity index (χ1) is 25.2. The Hall–Kier alpha value is -6.11. The van der Waals surface area contributed by atoms with Crippen LogP contribution in [0, 0.1) is 0 Å². The van der Waals surface area contributed by atoms with E-state index in [1.165, 1.54) is 0 Å². The van der Waals surface area contributed by atoms with E-state index in [1.54, 1.807) is 34.2 Å². The Morgan fingerprint density at radius 2 is 1.10 bits per heavy atom. The van der Waals surface area contributed by atoms with E-state index in [-0.39, 0.29) is 31.0 Å². The summed E-state index contributed by atoms with van der Waals surface area (Å²) in [4.78, 5) is 44.6. The van der Waals surface area contributed by atoms with Gasteiger partial charge in [0, 0.05) is 61.4 Å². The molecular weight excluding hydrogens is 654 g/mol. The van der Waals surface area contributed by atoms with Crippen LogP contribution in [0.1, 0.15) is 22.5 Å². The number of aryl methyl sites for hydroxylation is 2. The summed E-state index contributed by atoms with van der Waals surface area (Å²) < 4.78 is 3.45. The summed E-state index contributed by atoms with van der Waals surface area (Å²) in [5.41, 5.74) is 18.6. The zero-order valence-corrected chi connectivity index (χ0v) is 29.3. The van der Waals surface area contributed by atoms with Crippen molar-refractivity contribution in [3.05, 3.63) is 144 Å². The van der Waals surface area contributed by atoms with Crippen LogP contribution in [0.4, 0.5) is 0 Å². The summed E-state index contributed by atoms with van der Waals surface area (Å²) in [5, 5.41) is 12.0. The molecule has 2 aromatic carbocycles. The maximum absolute atomic E-state index is 13.0. The minimum atomic E-state index is -0.508. The Morgan fingerprint density at radius 1 is 0.654 bits per heavy atom. The van der Waals surface area contributed by atoms with Crippen molar-refractivity contribution in [2.75, 3.05) is 6.54 Å². The number of nitrogens with zero attached hydrogens (tertiary/aromatic N) is 6. The van der Waals surface area contributed by atoms with E-state index in [9.17, 15) is 14.4 Å². The molecule has 4 aromatic heterocycles. The van der Waals surface area contributed by atoms with Crippen LogP contribution in [0.25, 0.3) is 22.5 Å². The van der Waals surface area contributed by atoms with Gasteiger partial charge in [-0.05, 0) is 60.4 Å². The number of hydrogen-bond acceptors (Lipinski definition) is 9. The number of pyridine rings is 2. The number of carbonyl (C=O) groups is 3. The maximum Gasteiger partial charge on any atom is 0.231 e. The summed E-state index contributed by atoms with van der Waals surface area (Å²) in [6, 6.07) is 29.9. The topological polar surface area (TPSA) is 177 Å². The van der Waals surface area contributed by atoms with Gasteiger partial charge in [-0.15, -0.1) is 0 Å². The Kier molecular flexibility index (Phi) is 13.0.